The van der Waals surface area contributed by atoms with Gasteiger partial charge in [-0.15, -0.1) is 0 Å². The number of hydrogen-bond acceptors (Lipinski definition) is 1. The first-order valence-corrected chi connectivity index (χ1v) is 10.0. The third-order valence-electron chi connectivity index (χ3n) is 3.56. The Labute approximate surface area is 119 Å². The van der Waals surface area contributed by atoms with Gasteiger partial charge in [-0.05, 0) is 35.2 Å². The molecule has 4 heteroatoms. The topological polar surface area (TPSA) is 9.23 Å². The van der Waals surface area contributed by atoms with Gasteiger partial charge in [-0.2, -0.15) is 0 Å². The van der Waals surface area contributed by atoms with E-state index in [1.165, 1.54) is 6.07 Å². The molecule has 18 heavy (non-hydrogen) atoms. The van der Waals surface area contributed by atoms with Crippen LogP contribution in [0.25, 0.3) is 0 Å². The van der Waals surface area contributed by atoms with Crippen molar-refractivity contribution in [2.24, 2.45) is 0 Å². The average Bonchev–Trinajstić information content (AvgIpc) is 2.28. The Bertz CT molecular complexity index is 393. The minimum Gasteiger partial charge on any atom is -0.381 e. The molecule has 0 saturated carbocycles. The fraction of sp³-hybridized carbons (Fsp3) is 0.571. The molecular weight excluding hydrogens is 311 g/mol. The number of benzene rings is 1. The fourth-order valence-electron chi connectivity index (χ4n) is 1.42. The largest absolute Gasteiger partial charge is 0.381 e. The lowest BCUT2D eigenvalue weighted by Gasteiger charge is -2.27. The van der Waals surface area contributed by atoms with Crippen molar-refractivity contribution in [1.29, 1.82) is 0 Å². The van der Waals surface area contributed by atoms with Crippen LogP contribution >= 0.6 is 15.9 Å². The van der Waals surface area contributed by atoms with Crippen molar-refractivity contribution in [2.75, 3.05) is 13.2 Å². The maximum absolute atomic E-state index is 13.5. The molecule has 0 aliphatic heterocycles. The normalized spacial score (nSPS) is 12.2. The van der Waals surface area contributed by atoms with Crippen LogP contribution in [-0.2, 0) is 11.2 Å². The van der Waals surface area contributed by atoms with Gasteiger partial charge in [0.15, 0.2) is 0 Å². The molecule has 0 saturated heterocycles. The van der Waals surface area contributed by atoms with E-state index in [9.17, 15) is 4.39 Å². The summed E-state index contributed by atoms with van der Waals surface area (Å²) in [4.78, 5) is 0. The van der Waals surface area contributed by atoms with E-state index in [1.54, 1.807) is 6.07 Å². The molecule has 0 aliphatic rings. The highest BCUT2D eigenvalue weighted by Crippen LogP contribution is 2.28. The standard InChI is InChI=1S/C14H22BrFOSi/c1-14(2,18(3)4)10-17-8-7-11-9-12(15)5-6-13(11)16/h5-6,9,18H,7-8,10H2,1-4H3. The van der Waals surface area contributed by atoms with Crippen LogP contribution in [0.1, 0.15) is 19.4 Å². The monoisotopic (exact) mass is 332 g/mol. The molecule has 0 bridgehead atoms. The van der Waals surface area contributed by atoms with Gasteiger partial charge in [0, 0.05) is 19.9 Å². The van der Waals surface area contributed by atoms with E-state index in [0.29, 0.717) is 23.6 Å². The van der Waals surface area contributed by atoms with Crippen molar-refractivity contribution < 1.29 is 9.13 Å². The highest BCUT2D eigenvalue weighted by molar-refractivity contribution is 9.10. The summed E-state index contributed by atoms with van der Waals surface area (Å²) in [6.45, 7) is 10.5. The van der Waals surface area contributed by atoms with Crippen molar-refractivity contribution in [3.8, 4) is 0 Å². The predicted octanol–water partition coefficient (Wildman–Crippen LogP) is 4.41. The molecule has 0 N–H and O–H groups in total. The van der Waals surface area contributed by atoms with Crippen molar-refractivity contribution in [2.45, 2.75) is 38.4 Å². The van der Waals surface area contributed by atoms with Crippen LogP contribution in [0.2, 0.25) is 18.1 Å². The summed E-state index contributed by atoms with van der Waals surface area (Å²) < 4.78 is 20.1. The van der Waals surface area contributed by atoms with Crippen molar-refractivity contribution in [3.05, 3.63) is 34.1 Å². The van der Waals surface area contributed by atoms with Crippen molar-refractivity contribution in [1.82, 2.24) is 0 Å². The van der Waals surface area contributed by atoms with Gasteiger partial charge >= 0.3 is 0 Å². The van der Waals surface area contributed by atoms with Crippen LogP contribution < -0.4 is 0 Å². The average molecular weight is 333 g/mol. The Morgan fingerprint density at radius 3 is 2.61 bits per heavy atom. The lowest BCUT2D eigenvalue weighted by molar-refractivity contribution is 0.116. The molecule has 1 nitrogen and oxygen atoms in total. The summed E-state index contributed by atoms with van der Waals surface area (Å²) in [6.07, 6.45) is 0.626. The van der Waals surface area contributed by atoms with Crippen LogP contribution in [0.5, 0.6) is 0 Å². The van der Waals surface area contributed by atoms with E-state index >= 15 is 0 Å². The highest BCUT2D eigenvalue weighted by Gasteiger charge is 2.23. The van der Waals surface area contributed by atoms with Crippen LogP contribution in [0.3, 0.4) is 0 Å². The quantitative estimate of drug-likeness (QED) is 0.553. The van der Waals surface area contributed by atoms with Gasteiger partial charge in [-0.25, -0.2) is 4.39 Å². The number of rotatable bonds is 6. The van der Waals surface area contributed by atoms with Gasteiger partial charge in [0.2, 0.25) is 0 Å². The molecule has 1 aromatic rings. The Balaban J connectivity index is 2.41. The molecule has 0 atom stereocenters. The summed E-state index contributed by atoms with van der Waals surface area (Å²) in [5.74, 6) is -0.153. The minimum absolute atomic E-state index is 0.153. The van der Waals surface area contributed by atoms with E-state index in [4.69, 9.17) is 4.74 Å². The van der Waals surface area contributed by atoms with Gasteiger partial charge in [-0.3, -0.25) is 0 Å². The van der Waals surface area contributed by atoms with Crippen LogP contribution in [0.4, 0.5) is 4.39 Å². The Morgan fingerprint density at radius 1 is 1.33 bits per heavy atom. The lowest BCUT2D eigenvalue weighted by Crippen LogP contribution is -2.26. The molecule has 0 heterocycles. The zero-order valence-corrected chi connectivity index (χ0v) is 14.3. The first kappa shape index (κ1) is 15.9. The first-order chi connectivity index (χ1) is 8.33. The van der Waals surface area contributed by atoms with Crippen LogP contribution in [0.15, 0.2) is 22.7 Å². The van der Waals surface area contributed by atoms with E-state index in [2.05, 4.69) is 42.9 Å². The van der Waals surface area contributed by atoms with Gasteiger partial charge in [-0.1, -0.05) is 42.9 Å². The third-order valence-corrected chi connectivity index (χ3v) is 7.35. The summed E-state index contributed by atoms with van der Waals surface area (Å²) in [5, 5.41) is 0.301. The second-order valence-corrected chi connectivity index (χ2v) is 10.5. The summed E-state index contributed by atoms with van der Waals surface area (Å²) in [5.41, 5.74) is 0.712. The summed E-state index contributed by atoms with van der Waals surface area (Å²) >= 11 is 3.35. The molecule has 0 fully saturated rings. The van der Waals surface area contributed by atoms with Crippen LogP contribution in [0, 0.1) is 5.82 Å². The predicted molar refractivity (Wildman–Crippen MR) is 81.5 cm³/mol. The fourth-order valence-corrected chi connectivity index (χ4v) is 2.28. The lowest BCUT2D eigenvalue weighted by atomic mass is 10.1. The van der Waals surface area contributed by atoms with Crippen LogP contribution in [-0.4, -0.2) is 22.0 Å². The van der Waals surface area contributed by atoms with E-state index in [0.717, 1.165) is 11.1 Å². The van der Waals surface area contributed by atoms with Crippen molar-refractivity contribution in [3.63, 3.8) is 0 Å². The smallest absolute Gasteiger partial charge is 0.126 e. The number of ether oxygens (including phenoxy) is 1. The second kappa shape index (κ2) is 6.82. The Kier molecular flexibility index (Phi) is 6.01. The maximum atomic E-state index is 13.5. The van der Waals surface area contributed by atoms with E-state index in [1.807, 2.05) is 6.07 Å². The van der Waals surface area contributed by atoms with Crippen molar-refractivity contribution >= 4 is 24.7 Å². The third kappa shape index (κ3) is 4.82. The zero-order valence-electron chi connectivity index (χ0n) is 11.6. The van der Waals surface area contributed by atoms with Gasteiger partial charge in [0.25, 0.3) is 0 Å². The first-order valence-electron chi connectivity index (χ1n) is 6.34. The SMILES string of the molecule is C[SiH](C)C(C)(C)COCCc1cc(Br)ccc1F. The Hall–Kier alpha value is -0.193. The Morgan fingerprint density at radius 2 is 2.00 bits per heavy atom. The molecule has 0 aromatic heterocycles. The maximum Gasteiger partial charge on any atom is 0.126 e. The molecule has 1 rings (SSSR count). The van der Waals surface area contributed by atoms with E-state index < -0.39 is 8.80 Å². The molecule has 102 valence electrons. The minimum atomic E-state index is -0.721. The molecule has 0 unspecified atom stereocenters. The molecule has 0 aliphatic carbocycles. The molecular formula is C14H22BrFOSi. The molecule has 1 aromatic carbocycles. The zero-order chi connectivity index (χ0) is 13.8. The van der Waals surface area contributed by atoms with Gasteiger partial charge in [0.05, 0.1) is 6.61 Å². The van der Waals surface area contributed by atoms with E-state index in [-0.39, 0.29) is 5.82 Å². The highest BCUT2D eigenvalue weighted by atomic mass is 79.9. The molecule has 0 amide bonds. The second-order valence-electron chi connectivity index (χ2n) is 5.68. The number of hydrogen-bond donors (Lipinski definition) is 0. The molecule has 0 radical (unpaired) electrons. The number of halogens is 2. The summed E-state index contributed by atoms with van der Waals surface area (Å²) in [7, 11) is -0.721. The van der Waals surface area contributed by atoms with Gasteiger partial charge in [0.1, 0.15) is 5.82 Å². The molecule has 0 spiro atoms. The summed E-state index contributed by atoms with van der Waals surface area (Å²) in [6, 6.07) is 5.03. The van der Waals surface area contributed by atoms with Gasteiger partial charge < -0.3 is 4.74 Å².